The van der Waals surface area contributed by atoms with E-state index in [2.05, 4.69) is 0 Å². The highest BCUT2D eigenvalue weighted by Crippen LogP contribution is 2.27. The van der Waals surface area contributed by atoms with E-state index in [9.17, 15) is 9.18 Å². The third kappa shape index (κ3) is 2.47. The van der Waals surface area contributed by atoms with Crippen LogP contribution in [0.25, 0.3) is 0 Å². The molecule has 1 aliphatic heterocycles. The van der Waals surface area contributed by atoms with Gasteiger partial charge < -0.3 is 0 Å². The summed E-state index contributed by atoms with van der Waals surface area (Å²) in [7, 11) is 0. The Labute approximate surface area is 70.7 Å². The molecule has 0 aromatic rings. The Bertz CT molecular complexity index is 143. The zero-order chi connectivity index (χ0) is 8.27. The van der Waals surface area contributed by atoms with E-state index in [1.807, 2.05) is 11.8 Å². The Kier molecular flexibility index (Phi) is 3.37. The van der Waals surface area contributed by atoms with Crippen LogP contribution in [-0.2, 0) is 4.79 Å². The van der Waals surface area contributed by atoms with Gasteiger partial charge in [-0.3, -0.25) is 4.79 Å². The molecule has 1 atom stereocenters. The molecule has 0 aliphatic carbocycles. The number of hydrogen-bond acceptors (Lipinski definition) is 2. The molecule has 0 N–H and O–H groups in total. The number of rotatable bonds is 2. The van der Waals surface area contributed by atoms with Gasteiger partial charge in [-0.05, 0) is 37.2 Å². The van der Waals surface area contributed by atoms with Crippen LogP contribution in [0.2, 0.25) is 0 Å². The average molecular weight is 176 g/mol. The van der Waals surface area contributed by atoms with Crippen LogP contribution in [-0.4, -0.2) is 23.5 Å². The van der Waals surface area contributed by atoms with E-state index in [0.29, 0.717) is 0 Å². The Balaban J connectivity index is 2.38. The van der Waals surface area contributed by atoms with E-state index in [-0.39, 0.29) is 11.7 Å². The largest absolute Gasteiger partial charge is 0.297 e. The zero-order valence-corrected chi connectivity index (χ0v) is 7.49. The quantitative estimate of drug-likeness (QED) is 0.640. The fraction of sp³-hybridized carbons (Fsp3) is 0.875. The minimum Gasteiger partial charge on any atom is -0.297 e. The molecule has 1 unspecified atom stereocenters. The standard InChI is InChI=1S/C8H13FOS/c1-6(10)8(9)7-2-4-11-5-3-7/h7-8H,2-5H2,1H3. The predicted octanol–water partition coefficient (Wildman–Crippen LogP) is 2.06. The van der Waals surface area contributed by atoms with Crippen LogP contribution < -0.4 is 0 Å². The van der Waals surface area contributed by atoms with Gasteiger partial charge in [-0.25, -0.2) is 4.39 Å². The van der Waals surface area contributed by atoms with Crippen molar-refractivity contribution in [2.24, 2.45) is 5.92 Å². The number of thioether (sulfide) groups is 1. The van der Waals surface area contributed by atoms with Gasteiger partial charge in [0.15, 0.2) is 12.0 Å². The van der Waals surface area contributed by atoms with Crippen molar-refractivity contribution in [2.75, 3.05) is 11.5 Å². The van der Waals surface area contributed by atoms with Crippen LogP contribution in [0.3, 0.4) is 0 Å². The molecule has 0 saturated carbocycles. The Morgan fingerprint density at radius 2 is 2.09 bits per heavy atom. The summed E-state index contributed by atoms with van der Waals surface area (Å²) in [5, 5.41) is 0. The second kappa shape index (κ2) is 4.10. The number of halogens is 1. The Morgan fingerprint density at radius 1 is 1.55 bits per heavy atom. The molecular weight excluding hydrogens is 163 g/mol. The summed E-state index contributed by atoms with van der Waals surface area (Å²) in [4.78, 5) is 10.7. The summed E-state index contributed by atoms with van der Waals surface area (Å²) >= 11 is 1.85. The lowest BCUT2D eigenvalue weighted by Gasteiger charge is -2.22. The van der Waals surface area contributed by atoms with Crippen molar-refractivity contribution >= 4 is 17.5 Å². The summed E-state index contributed by atoms with van der Waals surface area (Å²) in [6.45, 7) is 1.34. The molecule has 0 spiro atoms. The van der Waals surface area contributed by atoms with Crippen molar-refractivity contribution in [3.05, 3.63) is 0 Å². The lowest BCUT2D eigenvalue weighted by Crippen LogP contribution is -2.26. The van der Waals surface area contributed by atoms with Crippen LogP contribution in [0.5, 0.6) is 0 Å². The fourth-order valence-electron chi connectivity index (χ4n) is 1.34. The highest BCUT2D eigenvalue weighted by Gasteiger charge is 2.26. The van der Waals surface area contributed by atoms with E-state index in [1.54, 1.807) is 0 Å². The minimum atomic E-state index is -1.20. The molecule has 1 saturated heterocycles. The number of ketones is 1. The van der Waals surface area contributed by atoms with Crippen LogP contribution in [0.15, 0.2) is 0 Å². The molecule has 1 rings (SSSR count). The molecule has 0 amide bonds. The SMILES string of the molecule is CC(=O)C(F)C1CCSCC1. The van der Waals surface area contributed by atoms with Gasteiger partial charge in [0.2, 0.25) is 0 Å². The third-order valence-corrected chi connectivity index (χ3v) is 3.12. The van der Waals surface area contributed by atoms with Gasteiger partial charge >= 0.3 is 0 Å². The van der Waals surface area contributed by atoms with Crippen molar-refractivity contribution in [1.29, 1.82) is 0 Å². The maximum Gasteiger partial charge on any atom is 0.164 e. The number of Topliss-reactive ketones (excluding diaryl/α,β-unsaturated/α-hetero) is 1. The summed E-state index contributed by atoms with van der Waals surface area (Å²) in [6, 6.07) is 0. The van der Waals surface area contributed by atoms with Crippen molar-refractivity contribution in [2.45, 2.75) is 25.9 Å². The second-order valence-electron chi connectivity index (χ2n) is 2.96. The highest BCUT2D eigenvalue weighted by molar-refractivity contribution is 7.99. The number of carbonyl (C=O) groups is 1. The second-order valence-corrected chi connectivity index (χ2v) is 4.19. The van der Waals surface area contributed by atoms with Crippen LogP contribution in [0, 0.1) is 5.92 Å². The molecule has 11 heavy (non-hydrogen) atoms. The topological polar surface area (TPSA) is 17.1 Å². The van der Waals surface area contributed by atoms with Gasteiger partial charge in [0, 0.05) is 0 Å². The average Bonchev–Trinajstić information content (AvgIpc) is 2.05. The molecule has 1 fully saturated rings. The summed E-state index contributed by atoms with van der Waals surface area (Å²) in [5.41, 5.74) is 0. The summed E-state index contributed by atoms with van der Waals surface area (Å²) < 4.78 is 13.1. The first-order valence-corrected chi connectivity index (χ1v) is 5.09. The normalized spacial score (nSPS) is 23.1. The van der Waals surface area contributed by atoms with Gasteiger partial charge in [0.05, 0.1) is 0 Å². The van der Waals surface area contributed by atoms with Crippen molar-refractivity contribution in [3.8, 4) is 0 Å². The lowest BCUT2D eigenvalue weighted by molar-refractivity contribution is -0.123. The first-order valence-electron chi connectivity index (χ1n) is 3.94. The maximum absolute atomic E-state index is 13.1. The van der Waals surface area contributed by atoms with Crippen molar-refractivity contribution in [3.63, 3.8) is 0 Å². The number of hydrogen-bond donors (Lipinski definition) is 0. The van der Waals surface area contributed by atoms with Crippen LogP contribution in [0.1, 0.15) is 19.8 Å². The summed E-state index contributed by atoms with van der Waals surface area (Å²) in [5.74, 6) is 1.73. The summed E-state index contributed by atoms with van der Waals surface area (Å²) in [6.07, 6.45) is 0.535. The minimum absolute atomic E-state index is 0.00810. The fourth-order valence-corrected chi connectivity index (χ4v) is 2.48. The van der Waals surface area contributed by atoms with Crippen molar-refractivity contribution in [1.82, 2.24) is 0 Å². The van der Waals surface area contributed by atoms with E-state index in [1.165, 1.54) is 6.92 Å². The lowest BCUT2D eigenvalue weighted by atomic mass is 9.95. The van der Waals surface area contributed by atoms with E-state index in [0.717, 1.165) is 24.3 Å². The molecule has 0 aromatic carbocycles. The molecule has 1 heterocycles. The van der Waals surface area contributed by atoms with Crippen LogP contribution >= 0.6 is 11.8 Å². The van der Waals surface area contributed by atoms with Gasteiger partial charge in [-0.15, -0.1) is 0 Å². The molecule has 1 aliphatic rings. The molecule has 64 valence electrons. The molecule has 0 aromatic heterocycles. The molecule has 1 nitrogen and oxygen atoms in total. The van der Waals surface area contributed by atoms with E-state index < -0.39 is 6.17 Å². The maximum atomic E-state index is 13.1. The van der Waals surface area contributed by atoms with E-state index in [4.69, 9.17) is 0 Å². The van der Waals surface area contributed by atoms with Gasteiger partial charge in [0.1, 0.15) is 0 Å². The molecule has 0 bridgehead atoms. The Hall–Kier alpha value is -0.0500. The van der Waals surface area contributed by atoms with Crippen LogP contribution in [0.4, 0.5) is 4.39 Å². The number of alkyl halides is 1. The van der Waals surface area contributed by atoms with Crippen molar-refractivity contribution < 1.29 is 9.18 Å². The highest BCUT2D eigenvalue weighted by atomic mass is 32.2. The predicted molar refractivity (Wildman–Crippen MR) is 45.6 cm³/mol. The van der Waals surface area contributed by atoms with Gasteiger partial charge in [0.25, 0.3) is 0 Å². The zero-order valence-electron chi connectivity index (χ0n) is 6.68. The van der Waals surface area contributed by atoms with Gasteiger partial charge in [-0.2, -0.15) is 11.8 Å². The molecule has 3 heteroatoms. The smallest absolute Gasteiger partial charge is 0.164 e. The first-order chi connectivity index (χ1) is 5.22. The van der Waals surface area contributed by atoms with E-state index >= 15 is 0 Å². The third-order valence-electron chi connectivity index (χ3n) is 2.07. The monoisotopic (exact) mass is 176 g/mol. The first kappa shape index (κ1) is 9.04. The Morgan fingerprint density at radius 3 is 2.55 bits per heavy atom. The van der Waals surface area contributed by atoms with Gasteiger partial charge in [-0.1, -0.05) is 0 Å². The molecule has 0 radical (unpaired) electrons. The number of carbonyl (C=O) groups excluding carboxylic acids is 1. The molecular formula is C8H13FOS.